The number of rotatable bonds is 6. The molecular formula is C10H21O5P. The van der Waals surface area contributed by atoms with E-state index in [0.29, 0.717) is 0 Å². The zero-order valence-corrected chi connectivity index (χ0v) is 11.1. The third-order valence-electron chi connectivity index (χ3n) is 2.65. The van der Waals surface area contributed by atoms with Crippen LogP contribution in [-0.4, -0.2) is 40.5 Å². The van der Waals surface area contributed by atoms with E-state index >= 15 is 0 Å². The number of aliphatic hydroxyl groups is 1. The van der Waals surface area contributed by atoms with Crippen LogP contribution in [0.3, 0.4) is 0 Å². The van der Waals surface area contributed by atoms with Crippen molar-refractivity contribution in [2.75, 3.05) is 12.8 Å². The van der Waals surface area contributed by atoms with Crippen molar-refractivity contribution >= 4 is 13.3 Å². The van der Waals surface area contributed by atoms with Crippen LogP contribution in [0.5, 0.6) is 0 Å². The summed E-state index contributed by atoms with van der Waals surface area (Å²) in [7, 11) is -3.29. The highest BCUT2D eigenvalue weighted by molar-refractivity contribution is 7.58. The van der Waals surface area contributed by atoms with E-state index in [9.17, 15) is 14.3 Å². The first-order valence-electron chi connectivity index (χ1n) is 5.38. The van der Waals surface area contributed by atoms with E-state index in [2.05, 4.69) is 0 Å². The molecule has 0 spiro atoms. The number of aliphatic hydroxyl groups excluding tert-OH is 1. The fourth-order valence-electron chi connectivity index (χ4n) is 1.17. The Bertz CT molecular complexity index is 276. The van der Waals surface area contributed by atoms with E-state index in [4.69, 9.17) is 9.84 Å². The van der Waals surface area contributed by atoms with Gasteiger partial charge in [-0.15, -0.1) is 0 Å². The van der Waals surface area contributed by atoms with Crippen LogP contribution in [0.4, 0.5) is 0 Å². The van der Waals surface area contributed by atoms with Gasteiger partial charge in [-0.1, -0.05) is 20.8 Å². The van der Waals surface area contributed by atoms with Crippen molar-refractivity contribution in [1.82, 2.24) is 0 Å². The highest BCUT2D eigenvalue weighted by Crippen LogP contribution is 2.48. The summed E-state index contributed by atoms with van der Waals surface area (Å²) in [6.07, 6.45) is -0.582. The first-order valence-corrected chi connectivity index (χ1v) is 7.30. The maximum atomic E-state index is 11.7. The van der Waals surface area contributed by atoms with E-state index in [0.717, 1.165) is 0 Å². The Morgan fingerprint density at radius 3 is 2.25 bits per heavy atom. The monoisotopic (exact) mass is 252 g/mol. The van der Waals surface area contributed by atoms with E-state index in [1.54, 1.807) is 20.8 Å². The van der Waals surface area contributed by atoms with Crippen molar-refractivity contribution in [2.45, 2.75) is 39.5 Å². The number of hydrogen-bond donors (Lipinski definition) is 2. The van der Waals surface area contributed by atoms with E-state index < -0.39 is 31.0 Å². The molecule has 96 valence electrons. The van der Waals surface area contributed by atoms with Crippen LogP contribution in [0.2, 0.25) is 0 Å². The number of hydrogen-bond acceptors (Lipinski definition) is 4. The van der Waals surface area contributed by atoms with Crippen LogP contribution in [0, 0.1) is 5.92 Å². The molecule has 0 aliphatic heterocycles. The molecule has 0 aromatic heterocycles. The molecular weight excluding hydrogens is 231 g/mol. The SMILES string of the molecule is CCP(=O)(O)C(C)C(C)C(=O)OCC(C)O. The van der Waals surface area contributed by atoms with Gasteiger partial charge < -0.3 is 14.7 Å². The maximum absolute atomic E-state index is 11.7. The summed E-state index contributed by atoms with van der Waals surface area (Å²) in [4.78, 5) is 21.1. The summed E-state index contributed by atoms with van der Waals surface area (Å²) in [6.45, 7) is 6.17. The molecule has 0 aromatic carbocycles. The van der Waals surface area contributed by atoms with Gasteiger partial charge in [0.2, 0.25) is 7.37 Å². The van der Waals surface area contributed by atoms with Gasteiger partial charge in [-0.3, -0.25) is 9.36 Å². The Morgan fingerprint density at radius 2 is 1.88 bits per heavy atom. The predicted molar refractivity (Wildman–Crippen MR) is 61.6 cm³/mol. The average Bonchev–Trinajstić information content (AvgIpc) is 2.23. The summed E-state index contributed by atoms with van der Waals surface area (Å²) in [5, 5.41) is 8.95. The minimum atomic E-state index is -3.29. The van der Waals surface area contributed by atoms with Crippen molar-refractivity contribution in [2.24, 2.45) is 5.92 Å². The molecule has 0 saturated carbocycles. The van der Waals surface area contributed by atoms with Crippen molar-refractivity contribution in [3.63, 3.8) is 0 Å². The Kier molecular flexibility index (Phi) is 6.23. The number of esters is 1. The zero-order chi connectivity index (χ0) is 12.9. The average molecular weight is 252 g/mol. The second kappa shape index (κ2) is 6.38. The predicted octanol–water partition coefficient (Wildman–Crippen LogP) is 1.23. The quantitative estimate of drug-likeness (QED) is 0.548. The van der Waals surface area contributed by atoms with Gasteiger partial charge in [0.05, 0.1) is 12.0 Å². The molecule has 2 N–H and O–H groups in total. The van der Waals surface area contributed by atoms with Gasteiger partial charge in [0, 0.05) is 11.8 Å². The molecule has 0 saturated heterocycles. The fourth-order valence-corrected chi connectivity index (χ4v) is 2.56. The fraction of sp³-hybridized carbons (Fsp3) is 0.900. The standard InChI is InChI=1S/C10H21O5P/c1-5-16(13,14)9(4)8(3)10(12)15-6-7(2)11/h7-9,11H,5-6H2,1-4H3,(H,13,14). The Morgan fingerprint density at radius 1 is 1.38 bits per heavy atom. The van der Waals surface area contributed by atoms with E-state index in [1.807, 2.05) is 0 Å². The summed E-state index contributed by atoms with van der Waals surface area (Å²) < 4.78 is 16.5. The van der Waals surface area contributed by atoms with Crippen LogP contribution in [0.1, 0.15) is 27.7 Å². The molecule has 0 aliphatic rings. The maximum Gasteiger partial charge on any atom is 0.309 e. The van der Waals surface area contributed by atoms with Crippen molar-refractivity contribution in [3.05, 3.63) is 0 Å². The molecule has 4 unspecified atom stereocenters. The summed E-state index contributed by atoms with van der Waals surface area (Å²) >= 11 is 0. The van der Waals surface area contributed by atoms with Crippen LogP contribution in [0.25, 0.3) is 0 Å². The van der Waals surface area contributed by atoms with Gasteiger partial charge in [-0.25, -0.2) is 0 Å². The molecule has 0 rings (SSSR count). The van der Waals surface area contributed by atoms with Gasteiger partial charge in [-0.2, -0.15) is 0 Å². The first-order chi connectivity index (χ1) is 7.22. The molecule has 16 heavy (non-hydrogen) atoms. The third-order valence-corrected chi connectivity index (χ3v) is 5.28. The van der Waals surface area contributed by atoms with Gasteiger partial charge in [0.1, 0.15) is 6.61 Å². The second-order valence-corrected chi connectivity index (χ2v) is 7.04. The van der Waals surface area contributed by atoms with E-state index in [-0.39, 0.29) is 12.8 Å². The Balaban J connectivity index is 4.38. The molecule has 0 aliphatic carbocycles. The minimum Gasteiger partial charge on any atom is -0.463 e. The molecule has 0 fully saturated rings. The lowest BCUT2D eigenvalue weighted by Crippen LogP contribution is -2.28. The van der Waals surface area contributed by atoms with Crippen LogP contribution >= 0.6 is 7.37 Å². The smallest absolute Gasteiger partial charge is 0.309 e. The largest absolute Gasteiger partial charge is 0.463 e. The second-order valence-electron chi connectivity index (χ2n) is 4.08. The van der Waals surface area contributed by atoms with Gasteiger partial charge in [-0.05, 0) is 6.92 Å². The van der Waals surface area contributed by atoms with Crippen LogP contribution in [0.15, 0.2) is 0 Å². The molecule has 0 radical (unpaired) electrons. The van der Waals surface area contributed by atoms with Crippen LogP contribution in [-0.2, 0) is 14.1 Å². The number of ether oxygens (including phenoxy) is 1. The lowest BCUT2D eigenvalue weighted by molar-refractivity contribution is -0.150. The lowest BCUT2D eigenvalue weighted by atomic mass is 10.1. The minimum absolute atomic E-state index is 0.0856. The third kappa shape index (κ3) is 4.64. The number of carbonyl (C=O) groups excluding carboxylic acids is 1. The van der Waals surface area contributed by atoms with Crippen molar-refractivity contribution < 1.29 is 24.1 Å². The van der Waals surface area contributed by atoms with Crippen molar-refractivity contribution in [3.8, 4) is 0 Å². The Hall–Kier alpha value is -0.380. The van der Waals surface area contributed by atoms with Crippen LogP contribution < -0.4 is 0 Å². The molecule has 6 heteroatoms. The van der Waals surface area contributed by atoms with E-state index in [1.165, 1.54) is 6.92 Å². The Labute approximate surface area is 96.3 Å². The van der Waals surface area contributed by atoms with Gasteiger partial charge in [0.15, 0.2) is 0 Å². The molecule has 0 amide bonds. The summed E-state index contributed by atoms with van der Waals surface area (Å²) in [5.41, 5.74) is -0.626. The topological polar surface area (TPSA) is 83.8 Å². The first kappa shape index (κ1) is 15.6. The zero-order valence-electron chi connectivity index (χ0n) is 10.2. The molecule has 5 nitrogen and oxygen atoms in total. The molecule has 0 bridgehead atoms. The molecule has 0 heterocycles. The normalized spacial score (nSPS) is 20.6. The number of carbonyl (C=O) groups is 1. The lowest BCUT2D eigenvalue weighted by Gasteiger charge is -2.23. The highest BCUT2D eigenvalue weighted by Gasteiger charge is 2.34. The summed E-state index contributed by atoms with van der Waals surface area (Å²) in [6, 6.07) is 0. The van der Waals surface area contributed by atoms with Gasteiger partial charge >= 0.3 is 5.97 Å². The molecule has 0 aromatic rings. The van der Waals surface area contributed by atoms with Gasteiger partial charge in [0.25, 0.3) is 0 Å². The summed E-state index contributed by atoms with van der Waals surface area (Å²) in [5.74, 6) is -1.19. The van der Waals surface area contributed by atoms with Crippen molar-refractivity contribution in [1.29, 1.82) is 0 Å². The highest BCUT2D eigenvalue weighted by atomic mass is 31.2. The molecule has 4 atom stereocenters.